The van der Waals surface area contributed by atoms with Crippen LogP contribution in [-0.2, 0) is 13.1 Å². The van der Waals surface area contributed by atoms with E-state index in [2.05, 4.69) is 10.3 Å². The first-order valence-corrected chi connectivity index (χ1v) is 8.01. The molecule has 8 nitrogen and oxygen atoms in total. The maximum absolute atomic E-state index is 12.6. The lowest BCUT2D eigenvalue weighted by Crippen LogP contribution is -2.35. The van der Waals surface area contributed by atoms with E-state index in [1.807, 2.05) is 0 Å². The van der Waals surface area contributed by atoms with E-state index in [0.29, 0.717) is 28.0 Å². The summed E-state index contributed by atoms with van der Waals surface area (Å²) in [5, 5.41) is 8.68. The highest BCUT2D eigenvalue weighted by Crippen LogP contribution is 2.25. The van der Waals surface area contributed by atoms with Crippen molar-refractivity contribution in [3.63, 3.8) is 0 Å². The molecule has 0 aliphatic carbocycles. The number of halogens is 1. The number of amides is 1. The Balaban J connectivity index is 1.67. The molecule has 2 aromatic heterocycles. The summed E-state index contributed by atoms with van der Waals surface area (Å²) < 4.78 is 7.45. The average molecular weight is 360 g/mol. The normalized spacial score (nSPS) is 13.6. The van der Waals surface area contributed by atoms with Crippen LogP contribution < -0.4 is 10.6 Å². The Kier molecular flexibility index (Phi) is 3.50. The number of fused-ring (bicyclic) bond motifs is 1. The van der Waals surface area contributed by atoms with Gasteiger partial charge < -0.3 is 4.52 Å². The Morgan fingerprint density at radius 1 is 1.28 bits per heavy atom. The number of anilines is 1. The molecule has 9 heteroatoms. The first-order chi connectivity index (χ1) is 12.0. The molecule has 0 fully saturated rings. The van der Waals surface area contributed by atoms with Gasteiger partial charge in [0, 0.05) is 16.3 Å². The molecular weight excluding hydrogens is 346 g/mol. The van der Waals surface area contributed by atoms with E-state index in [1.165, 1.54) is 9.58 Å². The second kappa shape index (κ2) is 5.59. The zero-order chi connectivity index (χ0) is 17.7. The third-order valence-corrected chi connectivity index (χ3v) is 4.47. The van der Waals surface area contributed by atoms with E-state index in [9.17, 15) is 9.59 Å². The number of carbonyl (C=O) groups excluding carboxylic acids is 1. The number of aryl methyl sites for hydroxylation is 2. The summed E-state index contributed by atoms with van der Waals surface area (Å²) in [6.45, 7) is 4.00. The van der Waals surface area contributed by atoms with Crippen LogP contribution in [0.3, 0.4) is 0 Å². The Bertz CT molecular complexity index is 1030. The maximum atomic E-state index is 12.6. The van der Waals surface area contributed by atoms with E-state index in [0.717, 1.165) is 10.1 Å². The summed E-state index contributed by atoms with van der Waals surface area (Å²) in [5.74, 6) is 1.02. The summed E-state index contributed by atoms with van der Waals surface area (Å²) in [6, 6.07) is 6.47. The first-order valence-electron chi connectivity index (χ1n) is 7.63. The van der Waals surface area contributed by atoms with Crippen LogP contribution in [0.2, 0.25) is 5.02 Å². The van der Waals surface area contributed by atoms with E-state index >= 15 is 0 Å². The summed E-state index contributed by atoms with van der Waals surface area (Å²) in [4.78, 5) is 26.7. The van der Waals surface area contributed by atoms with Gasteiger partial charge in [-0.15, -0.1) is 0 Å². The van der Waals surface area contributed by atoms with Gasteiger partial charge in [-0.2, -0.15) is 9.67 Å². The fourth-order valence-corrected chi connectivity index (χ4v) is 3.09. The molecule has 0 atom stereocenters. The van der Waals surface area contributed by atoms with Crippen molar-refractivity contribution in [3.8, 4) is 0 Å². The van der Waals surface area contributed by atoms with Crippen LogP contribution in [-0.4, -0.2) is 25.5 Å². The molecule has 0 saturated carbocycles. The van der Waals surface area contributed by atoms with Crippen molar-refractivity contribution >= 4 is 23.3 Å². The number of carbonyl (C=O) groups is 1. The average Bonchev–Trinajstić information content (AvgIpc) is 3.18. The van der Waals surface area contributed by atoms with Crippen LogP contribution in [0.1, 0.15) is 22.8 Å². The molecule has 0 radical (unpaired) electrons. The largest absolute Gasteiger partial charge is 0.361 e. The maximum Gasteiger partial charge on any atom is 0.354 e. The van der Waals surface area contributed by atoms with Crippen LogP contribution >= 0.6 is 11.6 Å². The SMILES string of the molecule is Cc1noc(C)c1Cn1nc2n(c1=O)C(=O)N(c1cccc(Cl)c1)C2. The molecule has 0 unspecified atom stereocenters. The Labute approximate surface area is 147 Å². The van der Waals surface area contributed by atoms with Gasteiger partial charge in [-0.1, -0.05) is 22.8 Å². The van der Waals surface area contributed by atoms with Crippen molar-refractivity contribution in [2.24, 2.45) is 0 Å². The standard InChI is InChI=1S/C16H14ClN5O3/c1-9-13(10(2)25-19-9)7-21-16(24)22-14(18-21)8-20(15(22)23)12-5-3-4-11(17)6-12/h3-6H,7-8H2,1-2H3. The summed E-state index contributed by atoms with van der Waals surface area (Å²) in [5.41, 5.74) is 1.63. The second-order valence-electron chi connectivity index (χ2n) is 5.84. The van der Waals surface area contributed by atoms with Gasteiger partial charge in [0.1, 0.15) is 5.76 Å². The van der Waals surface area contributed by atoms with Crippen molar-refractivity contribution < 1.29 is 9.32 Å². The van der Waals surface area contributed by atoms with E-state index in [-0.39, 0.29) is 13.1 Å². The van der Waals surface area contributed by atoms with Gasteiger partial charge in [0.2, 0.25) is 0 Å². The number of nitrogens with zero attached hydrogens (tertiary/aromatic N) is 5. The summed E-state index contributed by atoms with van der Waals surface area (Å²) in [6.07, 6.45) is 0. The zero-order valence-electron chi connectivity index (χ0n) is 13.6. The van der Waals surface area contributed by atoms with Crippen LogP contribution in [0, 0.1) is 13.8 Å². The van der Waals surface area contributed by atoms with Crippen molar-refractivity contribution in [2.75, 3.05) is 4.90 Å². The van der Waals surface area contributed by atoms with Gasteiger partial charge in [0.05, 0.1) is 18.8 Å². The van der Waals surface area contributed by atoms with Crippen LogP contribution in [0.4, 0.5) is 10.5 Å². The van der Waals surface area contributed by atoms with Gasteiger partial charge in [0.25, 0.3) is 0 Å². The highest BCUT2D eigenvalue weighted by Gasteiger charge is 2.33. The highest BCUT2D eigenvalue weighted by atomic mass is 35.5. The van der Waals surface area contributed by atoms with Crippen LogP contribution in [0.15, 0.2) is 33.6 Å². The first kappa shape index (κ1) is 15.6. The minimum absolute atomic E-state index is 0.211. The van der Waals surface area contributed by atoms with Gasteiger partial charge >= 0.3 is 11.7 Å². The Morgan fingerprint density at radius 2 is 2.08 bits per heavy atom. The molecule has 1 aliphatic heterocycles. The monoisotopic (exact) mass is 359 g/mol. The van der Waals surface area contributed by atoms with Crippen LogP contribution in [0.25, 0.3) is 0 Å². The molecule has 0 spiro atoms. The zero-order valence-corrected chi connectivity index (χ0v) is 14.3. The van der Waals surface area contributed by atoms with Gasteiger partial charge in [0.15, 0.2) is 5.82 Å². The third-order valence-electron chi connectivity index (χ3n) is 4.24. The van der Waals surface area contributed by atoms with Crippen molar-refractivity contribution in [2.45, 2.75) is 26.9 Å². The predicted octanol–water partition coefficient (Wildman–Crippen LogP) is 2.34. The predicted molar refractivity (Wildman–Crippen MR) is 90.0 cm³/mol. The molecule has 1 aromatic carbocycles. The van der Waals surface area contributed by atoms with Gasteiger partial charge in [-0.05, 0) is 32.0 Å². The van der Waals surface area contributed by atoms with E-state index in [4.69, 9.17) is 16.1 Å². The molecular formula is C16H14ClN5O3. The summed E-state index contributed by atoms with van der Waals surface area (Å²) >= 11 is 5.98. The Hall–Kier alpha value is -2.87. The second-order valence-corrected chi connectivity index (χ2v) is 6.28. The minimum Gasteiger partial charge on any atom is -0.361 e. The number of hydrogen-bond acceptors (Lipinski definition) is 5. The highest BCUT2D eigenvalue weighted by molar-refractivity contribution is 6.30. The number of rotatable bonds is 3. The number of benzene rings is 1. The molecule has 1 aliphatic rings. The van der Waals surface area contributed by atoms with Crippen molar-refractivity contribution in [1.82, 2.24) is 19.5 Å². The van der Waals surface area contributed by atoms with Crippen molar-refractivity contribution in [3.05, 3.63) is 62.6 Å². The molecule has 4 rings (SSSR count). The molecule has 0 saturated heterocycles. The van der Waals surface area contributed by atoms with Gasteiger partial charge in [-0.25, -0.2) is 14.3 Å². The molecule has 128 valence electrons. The topological polar surface area (TPSA) is 86.2 Å². The molecule has 1 amide bonds. The summed E-state index contributed by atoms with van der Waals surface area (Å²) in [7, 11) is 0. The Morgan fingerprint density at radius 3 is 2.72 bits per heavy atom. The van der Waals surface area contributed by atoms with Gasteiger partial charge in [-0.3, -0.25) is 4.90 Å². The number of aromatic nitrogens is 4. The minimum atomic E-state index is -0.482. The van der Waals surface area contributed by atoms with Crippen LogP contribution in [0.5, 0.6) is 0 Å². The molecule has 3 aromatic rings. The fourth-order valence-electron chi connectivity index (χ4n) is 2.90. The van der Waals surface area contributed by atoms with Crippen molar-refractivity contribution in [1.29, 1.82) is 0 Å². The van der Waals surface area contributed by atoms with E-state index in [1.54, 1.807) is 38.1 Å². The number of hydrogen-bond donors (Lipinski definition) is 0. The smallest absolute Gasteiger partial charge is 0.354 e. The molecule has 3 heterocycles. The molecule has 0 N–H and O–H groups in total. The lowest BCUT2D eigenvalue weighted by atomic mass is 10.2. The molecule has 0 bridgehead atoms. The quantitative estimate of drug-likeness (QED) is 0.716. The van der Waals surface area contributed by atoms with E-state index < -0.39 is 11.7 Å². The lowest BCUT2D eigenvalue weighted by Gasteiger charge is -2.14. The molecule has 25 heavy (non-hydrogen) atoms. The fraction of sp³-hybridized carbons (Fsp3) is 0.250. The lowest BCUT2D eigenvalue weighted by molar-refractivity contribution is 0.250. The third kappa shape index (κ3) is 2.45.